The molecule has 1 aliphatic carbocycles. The standard InChI is InChI=1S/C8H13N/c1-6(2)7-4-5-8(7)9-3/h6-8H,4-5H2,1-2H3. The van der Waals surface area contributed by atoms with E-state index in [9.17, 15) is 0 Å². The van der Waals surface area contributed by atoms with E-state index in [1.165, 1.54) is 6.42 Å². The van der Waals surface area contributed by atoms with Crippen LogP contribution < -0.4 is 0 Å². The topological polar surface area (TPSA) is 4.36 Å². The molecule has 1 saturated carbocycles. The zero-order valence-corrected chi connectivity index (χ0v) is 6.09. The molecule has 1 fully saturated rings. The van der Waals surface area contributed by atoms with Gasteiger partial charge in [-0.15, -0.1) is 0 Å². The van der Waals surface area contributed by atoms with Gasteiger partial charge in [-0.1, -0.05) is 13.8 Å². The zero-order chi connectivity index (χ0) is 6.85. The summed E-state index contributed by atoms with van der Waals surface area (Å²) in [5.41, 5.74) is 0. The predicted octanol–water partition coefficient (Wildman–Crippen LogP) is 2.34. The second-order valence-corrected chi connectivity index (χ2v) is 3.18. The van der Waals surface area contributed by atoms with E-state index in [-0.39, 0.29) is 0 Å². The molecule has 0 aromatic rings. The van der Waals surface area contributed by atoms with Gasteiger partial charge >= 0.3 is 0 Å². The Balaban J connectivity index is 2.38. The van der Waals surface area contributed by atoms with Crippen LogP contribution in [0.2, 0.25) is 0 Å². The summed E-state index contributed by atoms with van der Waals surface area (Å²) in [6.07, 6.45) is 2.43. The van der Waals surface area contributed by atoms with Gasteiger partial charge in [-0.25, -0.2) is 6.57 Å². The number of rotatable bonds is 1. The third-order valence-corrected chi connectivity index (χ3v) is 2.31. The molecule has 0 saturated heterocycles. The minimum Gasteiger partial charge on any atom is -0.313 e. The Morgan fingerprint density at radius 1 is 1.44 bits per heavy atom. The van der Waals surface area contributed by atoms with E-state index in [0.29, 0.717) is 12.0 Å². The second kappa shape index (κ2) is 2.39. The highest BCUT2D eigenvalue weighted by Crippen LogP contribution is 2.35. The summed E-state index contributed by atoms with van der Waals surface area (Å²) in [4.78, 5) is 3.55. The summed E-state index contributed by atoms with van der Waals surface area (Å²) in [5, 5.41) is 0. The second-order valence-electron chi connectivity index (χ2n) is 3.18. The first-order valence-corrected chi connectivity index (χ1v) is 3.62. The zero-order valence-electron chi connectivity index (χ0n) is 6.09. The lowest BCUT2D eigenvalue weighted by Crippen LogP contribution is -2.32. The lowest BCUT2D eigenvalue weighted by Gasteiger charge is -2.30. The number of hydrogen-bond acceptors (Lipinski definition) is 0. The SMILES string of the molecule is [C-]#[N+]C1CCC1C(C)C. The smallest absolute Gasteiger partial charge is 0.226 e. The lowest BCUT2D eigenvalue weighted by atomic mass is 9.73. The van der Waals surface area contributed by atoms with Gasteiger partial charge in [0, 0.05) is 12.3 Å². The van der Waals surface area contributed by atoms with Crippen molar-refractivity contribution in [1.29, 1.82) is 0 Å². The van der Waals surface area contributed by atoms with E-state index in [4.69, 9.17) is 6.57 Å². The quantitative estimate of drug-likeness (QED) is 0.471. The summed E-state index contributed by atoms with van der Waals surface area (Å²) in [7, 11) is 0. The molecule has 0 radical (unpaired) electrons. The normalized spacial score (nSPS) is 33.6. The largest absolute Gasteiger partial charge is 0.313 e. The van der Waals surface area contributed by atoms with Crippen LogP contribution in [0.4, 0.5) is 0 Å². The van der Waals surface area contributed by atoms with Crippen LogP contribution in [-0.4, -0.2) is 6.04 Å². The van der Waals surface area contributed by atoms with Gasteiger partial charge in [-0.3, -0.25) is 0 Å². The van der Waals surface area contributed by atoms with Crippen molar-refractivity contribution >= 4 is 0 Å². The molecule has 0 aliphatic heterocycles. The Bertz CT molecular complexity index is 132. The van der Waals surface area contributed by atoms with Gasteiger partial charge in [0.15, 0.2) is 0 Å². The van der Waals surface area contributed by atoms with Crippen molar-refractivity contribution in [2.45, 2.75) is 32.7 Å². The first kappa shape index (κ1) is 6.61. The maximum absolute atomic E-state index is 6.81. The van der Waals surface area contributed by atoms with Gasteiger partial charge in [0.25, 0.3) is 0 Å². The monoisotopic (exact) mass is 123 g/mol. The van der Waals surface area contributed by atoms with Crippen LogP contribution in [-0.2, 0) is 0 Å². The fraction of sp³-hybridized carbons (Fsp3) is 0.875. The third kappa shape index (κ3) is 1.08. The van der Waals surface area contributed by atoms with Crippen LogP contribution in [0.3, 0.4) is 0 Å². The number of hydrogen-bond donors (Lipinski definition) is 0. The van der Waals surface area contributed by atoms with Gasteiger partial charge in [0.05, 0.1) is 0 Å². The number of nitrogens with zero attached hydrogens (tertiary/aromatic N) is 1. The molecule has 1 heteroatoms. The van der Waals surface area contributed by atoms with E-state index in [2.05, 4.69) is 18.7 Å². The van der Waals surface area contributed by atoms with Gasteiger partial charge in [0.2, 0.25) is 6.04 Å². The van der Waals surface area contributed by atoms with Crippen LogP contribution >= 0.6 is 0 Å². The van der Waals surface area contributed by atoms with Crippen LogP contribution in [0.15, 0.2) is 0 Å². The maximum atomic E-state index is 6.81. The summed E-state index contributed by atoms with van der Waals surface area (Å²) in [5.74, 6) is 1.43. The Morgan fingerprint density at radius 3 is 2.22 bits per heavy atom. The van der Waals surface area contributed by atoms with Gasteiger partial charge in [0.1, 0.15) is 0 Å². The van der Waals surface area contributed by atoms with Crippen molar-refractivity contribution in [2.75, 3.05) is 0 Å². The summed E-state index contributed by atoms with van der Waals surface area (Å²) >= 11 is 0. The molecule has 9 heavy (non-hydrogen) atoms. The van der Waals surface area contributed by atoms with E-state index in [0.717, 1.165) is 12.3 Å². The Hall–Kier alpha value is -0.510. The molecule has 0 N–H and O–H groups in total. The average Bonchev–Trinajstić information content (AvgIpc) is 1.61. The van der Waals surface area contributed by atoms with Crippen molar-refractivity contribution < 1.29 is 0 Å². The molecular formula is C8H13N. The molecule has 0 bridgehead atoms. The van der Waals surface area contributed by atoms with E-state index >= 15 is 0 Å². The highest BCUT2D eigenvalue weighted by atomic mass is 14.8. The molecule has 0 amide bonds. The van der Waals surface area contributed by atoms with Crippen molar-refractivity contribution in [3.63, 3.8) is 0 Å². The molecule has 0 aromatic carbocycles. The maximum Gasteiger partial charge on any atom is 0.226 e. The molecular weight excluding hydrogens is 110 g/mol. The molecule has 1 nitrogen and oxygen atoms in total. The Labute approximate surface area is 56.9 Å². The van der Waals surface area contributed by atoms with Gasteiger partial charge < -0.3 is 4.85 Å². The fourth-order valence-corrected chi connectivity index (χ4v) is 1.45. The summed E-state index contributed by atoms with van der Waals surface area (Å²) in [6.45, 7) is 11.2. The molecule has 0 heterocycles. The Kier molecular flexibility index (Phi) is 1.75. The van der Waals surface area contributed by atoms with Crippen molar-refractivity contribution in [3.05, 3.63) is 11.4 Å². The van der Waals surface area contributed by atoms with Crippen molar-refractivity contribution in [2.24, 2.45) is 11.8 Å². The molecule has 50 valence electrons. The van der Waals surface area contributed by atoms with E-state index < -0.39 is 0 Å². The molecule has 1 aliphatic rings. The van der Waals surface area contributed by atoms with E-state index in [1.807, 2.05) is 0 Å². The van der Waals surface area contributed by atoms with E-state index in [1.54, 1.807) is 0 Å². The van der Waals surface area contributed by atoms with Crippen LogP contribution in [0.25, 0.3) is 4.85 Å². The lowest BCUT2D eigenvalue weighted by molar-refractivity contribution is 0.218. The highest BCUT2D eigenvalue weighted by Gasteiger charge is 2.37. The molecule has 2 unspecified atom stereocenters. The summed E-state index contributed by atoms with van der Waals surface area (Å²) in [6, 6.07) is 0.366. The van der Waals surface area contributed by atoms with Crippen LogP contribution in [0, 0.1) is 18.4 Å². The minimum absolute atomic E-state index is 0.366. The fourth-order valence-electron chi connectivity index (χ4n) is 1.45. The molecule has 0 spiro atoms. The molecule has 1 rings (SSSR count). The summed E-state index contributed by atoms with van der Waals surface area (Å²) < 4.78 is 0. The van der Waals surface area contributed by atoms with Gasteiger partial charge in [-0.05, 0) is 12.3 Å². The third-order valence-electron chi connectivity index (χ3n) is 2.31. The van der Waals surface area contributed by atoms with Gasteiger partial charge in [-0.2, -0.15) is 0 Å². The molecule has 2 atom stereocenters. The van der Waals surface area contributed by atoms with Crippen molar-refractivity contribution in [1.82, 2.24) is 0 Å². The molecule has 0 aromatic heterocycles. The predicted molar refractivity (Wildman–Crippen MR) is 38.0 cm³/mol. The average molecular weight is 123 g/mol. The highest BCUT2D eigenvalue weighted by molar-refractivity contribution is 4.95. The van der Waals surface area contributed by atoms with Crippen LogP contribution in [0.1, 0.15) is 26.7 Å². The first-order valence-electron chi connectivity index (χ1n) is 3.62. The van der Waals surface area contributed by atoms with Crippen LogP contribution in [0.5, 0.6) is 0 Å². The van der Waals surface area contributed by atoms with Crippen molar-refractivity contribution in [3.8, 4) is 0 Å². The Morgan fingerprint density at radius 2 is 2.11 bits per heavy atom. The minimum atomic E-state index is 0.366. The first-order chi connectivity index (χ1) is 4.25.